The molecule has 0 fully saturated rings. The molecule has 0 saturated carbocycles. The van der Waals surface area contributed by atoms with Gasteiger partial charge in [-0.15, -0.1) is 10.2 Å². The van der Waals surface area contributed by atoms with E-state index in [0.717, 1.165) is 11.8 Å². The Kier molecular flexibility index (Phi) is 5.35. The summed E-state index contributed by atoms with van der Waals surface area (Å²) in [4.78, 5) is 23.5. The van der Waals surface area contributed by atoms with E-state index in [9.17, 15) is 9.59 Å². The number of nitrogens with one attached hydrogen (secondary N) is 1. The minimum absolute atomic E-state index is 0.0547. The van der Waals surface area contributed by atoms with E-state index >= 15 is 0 Å². The summed E-state index contributed by atoms with van der Waals surface area (Å²) in [6.07, 6.45) is 0. The van der Waals surface area contributed by atoms with Gasteiger partial charge in [-0.2, -0.15) is 0 Å². The maximum Gasteiger partial charge on any atom is 0.313 e. The van der Waals surface area contributed by atoms with Crippen molar-refractivity contribution < 1.29 is 14.7 Å². The number of amides is 1. The van der Waals surface area contributed by atoms with E-state index in [1.165, 1.54) is 16.2 Å². The number of anilines is 1. The SMILES string of the molecule is CC(Nc1nnc(SCC(=O)O)s1)C(=O)N(C)C. The molecule has 1 amide bonds. The summed E-state index contributed by atoms with van der Waals surface area (Å²) in [7, 11) is 3.35. The van der Waals surface area contributed by atoms with Crippen LogP contribution in [-0.2, 0) is 9.59 Å². The molecule has 0 aliphatic rings. The predicted octanol–water partition coefficient (Wildman–Crippen LogP) is 0.603. The molecule has 1 aromatic heterocycles. The Labute approximate surface area is 113 Å². The van der Waals surface area contributed by atoms with Crippen molar-refractivity contribution in [1.29, 1.82) is 0 Å². The Morgan fingerprint density at radius 2 is 2.17 bits per heavy atom. The molecular formula is C9H14N4O3S2. The van der Waals surface area contributed by atoms with Crippen molar-refractivity contribution in [2.45, 2.75) is 17.3 Å². The standard InChI is InChI=1S/C9H14N4O3S2/c1-5(7(16)13(2)3)10-8-11-12-9(18-8)17-4-6(14)15/h5H,4H2,1-3H3,(H,10,11)(H,14,15). The molecule has 2 N–H and O–H groups in total. The number of thioether (sulfide) groups is 1. The number of aromatic nitrogens is 2. The van der Waals surface area contributed by atoms with E-state index < -0.39 is 12.0 Å². The zero-order valence-corrected chi connectivity index (χ0v) is 11.8. The van der Waals surface area contributed by atoms with Gasteiger partial charge in [0, 0.05) is 14.1 Å². The molecule has 7 nitrogen and oxygen atoms in total. The van der Waals surface area contributed by atoms with Crippen LogP contribution in [0.2, 0.25) is 0 Å². The van der Waals surface area contributed by atoms with Crippen molar-refractivity contribution in [3.05, 3.63) is 0 Å². The Morgan fingerprint density at radius 3 is 2.72 bits per heavy atom. The number of carboxylic acids is 1. The lowest BCUT2D eigenvalue weighted by molar-refractivity contribution is -0.134. The highest BCUT2D eigenvalue weighted by Crippen LogP contribution is 2.25. The third-order valence-corrected chi connectivity index (χ3v) is 3.85. The van der Waals surface area contributed by atoms with Gasteiger partial charge < -0.3 is 15.3 Å². The maximum absolute atomic E-state index is 11.6. The lowest BCUT2D eigenvalue weighted by Crippen LogP contribution is -2.36. The van der Waals surface area contributed by atoms with Crippen molar-refractivity contribution in [2.75, 3.05) is 25.2 Å². The van der Waals surface area contributed by atoms with E-state index in [0.29, 0.717) is 9.47 Å². The topological polar surface area (TPSA) is 95.4 Å². The Hall–Kier alpha value is -1.35. The van der Waals surface area contributed by atoms with Gasteiger partial charge in [0.2, 0.25) is 11.0 Å². The summed E-state index contributed by atoms with van der Waals surface area (Å²) in [5.74, 6) is -1.02. The van der Waals surface area contributed by atoms with Gasteiger partial charge in [0.05, 0.1) is 5.75 Å². The predicted molar refractivity (Wildman–Crippen MR) is 70.0 cm³/mol. The van der Waals surface area contributed by atoms with Crippen molar-refractivity contribution in [1.82, 2.24) is 15.1 Å². The Balaban J connectivity index is 2.53. The van der Waals surface area contributed by atoms with E-state index in [-0.39, 0.29) is 11.7 Å². The lowest BCUT2D eigenvalue weighted by atomic mass is 10.3. The van der Waals surface area contributed by atoms with E-state index in [1.54, 1.807) is 21.0 Å². The van der Waals surface area contributed by atoms with Crippen LogP contribution in [-0.4, -0.2) is 58.0 Å². The number of nitrogens with zero attached hydrogens (tertiary/aromatic N) is 3. The molecule has 1 atom stereocenters. The van der Waals surface area contributed by atoms with Crippen molar-refractivity contribution in [3.63, 3.8) is 0 Å². The second-order valence-electron chi connectivity index (χ2n) is 3.65. The van der Waals surface area contributed by atoms with E-state index in [4.69, 9.17) is 5.11 Å². The molecule has 0 aliphatic heterocycles. The normalized spacial score (nSPS) is 11.9. The van der Waals surface area contributed by atoms with Gasteiger partial charge in [-0.25, -0.2) is 0 Å². The molecule has 0 aromatic carbocycles. The molecule has 18 heavy (non-hydrogen) atoms. The fraction of sp³-hybridized carbons (Fsp3) is 0.556. The molecule has 0 aliphatic carbocycles. The highest BCUT2D eigenvalue weighted by atomic mass is 32.2. The lowest BCUT2D eigenvalue weighted by Gasteiger charge is -2.16. The average molecular weight is 290 g/mol. The smallest absolute Gasteiger partial charge is 0.313 e. The fourth-order valence-electron chi connectivity index (χ4n) is 1.08. The number of hydrogen-bond donors (Lipinski definition) is 2. The van der Waals surface area contributed by atoms with E-state index in [1.807, 2.05) is 0 Å². The molecular weight excluding hydrogens is 276 g/mol. The third kappa shape index (κ3) is 4.49. The summed E-state index contributed by atoms with van der Waals surface area (Å²) in [6, 6.07) is -0.398. The van der Waals surface area contributed by atoms with E-state index in [2.05, 4.69) is 15.5 Å². The van der Waals surface area contributed by atoms with Gasteiger partial charge in [0.25, 0.3) is 0 Å². The van der Waals surface area contributed by atoms with Gasteiger partial charge in [0.1, 0.15) is 6.04 Å². The highest BCUT2D eigenvalue weighted by Gasteiger charge is 2.16. The van der Waals surface area contributed by atoms with Crippen LogP contribution in [0.25, 0.3) is 0 Å². The zero-order valence-electron chi connectivity index (χ0n) is 10.2. The number of likely N-dealkylation sites (N-methyl/N-ethyl adjacent to an activating group) is 1. The molecule has 1 unspecified atom stereocenters. The first-order chi connectivity index (χ1) is 8.40. The summed E-state index contributed by atoms with van der Waals surface area (Å²) in [6.45, 7) is 1.73. The van der Waals surface area contributed by atoms with Crippen LogP contribution in [0.3, 0.4) is 0 Å². The Morgan fingerprint density at radius 1 is 1.50 bits per heavy atom. The maximum atomic E-state index is 11.6. The zero-order chi connectivity index (χ0) is 13.7. The van der Waals surface area contributed by atoms with Crippen molar-refractivity contribution >= 4 is 40.1 Å². The molecule has 0 spiro atoms. The largest absolute Gasteiger partial charge is 0.481 e. The van der Waals surface area contributed by atoms with Crippen molar-refractivity contribution in [2.24, 2.45) is 0 Å². The average Bonchev–Trinajstić information content (AvgIpc) is 2.72. The number of carboxylic acid groups (broad SMARTS) is 1. The molecule has 0 bridgehead atoms. The van der Waals surface area contributed by atoms with Gasteiger partial charge >= 0.3 is 5.97 Å². The number of carbonyl (C=O) groups excluding carboxylic acids is 1. The quantitative estimate of drug-likeness (QED) is 0.741. The number of rotatable bonds is 6. The van der Waals surface area contributed by atoms with Crippen LogP contribution >= 0.6 is 23.1 Å². The first kappa shape index (κ1) is 14.7. The first-order valence-electron chi connectivity index (χ1n) is 5.06. The molecule has 1 aromatic rings. The monoisotopic (exact) mass is 290 g/mol. The number of hydrogen-bond acceptors (Lipinski definition) is 7. The molecule has 100 valence electrons. The third-order valence-electron chi connectivity index (χ3n) is 1.88. The van der Waals surface area contributed by atoms with Crippen LogP contribution in [0.15, 0.2) is 4.34 Å². The molecule has 0 radical (unpaired) electrons. The van der Waals surface area contributed by atoms with Crippen LogP contribution in [0.5, 0.6) is 0 Å². The van der Waals surface area contributed by atoms with Crippen molar-refractivity contribution in [3.8, 4) is 0 Å². The minimum atomic E-state index is -0.902. The van der Waals surface area contributed by atoms with Gasteiger partial charge in [-0.1, -0.05) is 23.1 Å². The number of aliphatic carboxylic acids is 1. The minimum Gasteiger partial charge on any atom is -0.481 e. The summed E-state index contributed by atoms with van der Waals surface area (Å²) in [5, 5.41) is 19.6. The van der Waals surface area contributed by atoms with Gasteiger partial charge in [-0.05, 0) is 6.92 Å². The fourth-order valence-corrected chi connectivity index (χ4v) is 2.64. The van der Waals surface area contributed by atoms with Gasteiger partial charge in [-0.3, -0.25) is 9.59 Å². The highest BCUT2D eigenvalue weighted by molar-refractivity contribution is 8.01. The molecule has 1 heterocycles. The summed E-state index contributed by atoms with van der Waals surface area (Å²) in [5.41, 5.74) is 0. The molecule has 9 heteroatoms. The second-order valence-corrected chi connectivity index (χ2v) is 5.85. The second kappa shape index (κ2) is 6.55. The van der Waals surface area contributed by atoms with Crippen LogP contribution in [0, 0.1) is 0 Å². The molecule has 1 rings (SSSR count). The van der Waals surface area contributed by atoms with Gasteiger partial charge in [0.15, 0.2) is 4.34 Å². The van der Waals surface area contributed by atoms with Crippen LogP contribution in [0.4, 0.5) is 5.13 Å². The van der Waals surface area contributed by atoms with Crippen LogP contribution < -0.4 is 5.32 Å². The Bertz CT molecular complexity index is 435. The number of carbonyl (C=O) groups is 2. The first-order valence-corrected chi connectivity index (χ1v) is 6.86. The summed E-state index contributed by atoms with van der Waals surface area (Å²) < 4.78 is 0.560. The molecule has 0 saturated heterocycles. The summed E-state index contributed by atoms with van der Waals surface area (Å²) >= 11 is 2.33. The van der Waals surface area contributed by atoms with Crippen LogP contribution in [0.1, 0.15) is 6.92 Å².